The van der Waals surface area contributed by atoms with Crippen LogP contribution in [0.1, 0.15) is 16.7 Å². The molecule has 29 heavy (non-hydrogen) atoms. The number of carbonyl (C=O) groups excluding carboxylic acids is 1. The van der Waals surface area contributed by atoms with Crippen LogP contribution < -0.4 is 19.8 Å². The van der Waals surface area contributed by atoms with Gasteiger partial charge in [-0.25, -0.2) is 14.3 Å². The van der Waals surface area contributed by atoms with Crippen LogP contribution in [0.4, 0.5) is 10.5 Å². The summed E-state index contributed by atoms with van der Waals surface area (Å²) >= 11 is 1.37. The Morgan fingerprint density at radius 3 is 2.72 bits per heavy atom. The number of rotatable bonds is 6. The minimum atomic E-state index is -0.495. The lowest BCUT2D eigenvalue weighted by atomic mass is 9.99. The van der Waals surface area contributed by atoms with Gasteiger partial charge in [0.1, 0.15) is 11.3 Å². The molecule has 1 heterocycles. The third-order valence-corrected chi connectivity index (χ3v) is 4.95. The zero-order valence-corrected chi connectivity index (χ0v) is 17.6. The Morgan fingerprint density at radius 2 is 2.00 bits per heavy atom. The molecule has 2 aromatic carbocycles. The molecule has 1 aromatic heterocycles. The Hall–Kier alpha value is -2.97. The number of hydrogen-bond donors (Lipinski definition) is 2. The van der Waals surface area contributed by atoms with Crippen LogP contribution in [0.5, 0.6) is 5.75 Å². The molecule has 8 heteroatoms. The van der Waals surface area contributed by atoms with Crippen molar-refractivity contribution in [2.45, 2.75) is 13.3 Å². The van der Waals surface area contributed by atoms with Crippen LogP contribution >= 0.6 is 12.1 Å². The normalized spacial score (nSPS) is 10.8. The van der Waals surface area contributed by atoms with Crippen molar-refractivity contribution in [2.75, 3.05) is 25.9 Å². The first-order chi connectivity index (χ1) is 13.9. The molecule has 0 saturated heterocycles. The maximum absolute atomic E-state index is 12.6. The van der Waals surface area contributed by atoms with Gasteiger partial charge in [0.2, 0.25) is 0 Å². The third-order valence-electron chi connectivity index (χ3n) is 4.41. The van der Waals surface area contributed by atoms with E-state index in [-0.39, 0.29) is 0 Å². The number of anilines is 1. The Labute approximate surface area is 173 Å². The maximum Gasteiger partial charge on any atom is 0.414 e. The summed E-state index contributed by atoms with van der Waals surface area (Å²) in [7, 11) is 5.03. The van der Waals surface area contributed by atoms with Crippen LogP contribution in [0.2, 0.25) is 0 Å². The molecule has 0 aliphatic rings. The standard InChI is InChI=1S/C21H23N3O4S/c1-13-17-9-8-16(27-21(26)24(3)4)12-19(17)28-20(25)18(13)11-14-6-5-7-15(10-14)23-29-22-2/h5-10,12,22-23H,11H2,1-4H3. The highest BCUT2D eigenvalue weighted by Gasteiger charge is 2.14. The zero-order valence-electron chi connectivity index (χ0n) is 16.7. The quantitative estimate of drug-likeness (QED) is 0.468. The molecule has 0 aliphatic heterocycles. The van der Waals surface area contributed by atoms with Crippen molar-refractivity contribution < 1.29 is 13.9 Å². The largest absolute Gasteiger partial charge is 0.422 e. The lowest BCUT2D eigenvalue weighted by molar-refractivity contribution is 0.172. The van der Waals surface area contributed by atoms with Crippen molar-refractivity contribution >= 4 is 34.9 Å². The molecule has 0 radical (unpaired) electrons. The molecule has 1 amide bonds. The average molecular weight is 413 g/mol. The number of fused-ring (bicyclic) bond motifs is 1. The molecule has 2 N–H and O–H groups in total. The minimum absolute atomic E-state index is 0.326. The summed E-state index contributed by atoms with van der Waals surface area (Å²) < 4.78 is 16.9. The summed E-state index contributed by atoms with van der Waals surface area (Å²) in [6.07, 6.45) is -0.0359. The van der Waals surface area contributed by atoms with Gasteiger partial charge in [-0.3, -0.25) is 0 Å². The first kappa shape index (κ1) is 20.8. The average Bonchev–Trinajstić information content (AvgIpc) is 2.69. The number of ether oxygens (including phenoxy) is 1. The topological polar surface area (TPSA) is 83.8 Å². The molecule has 0 atom stereocenters. The molecular weight excluding hydrogens is 390 g/mol. The highest BCUT2D eigenvalue weighted by atomic mass is 32.2. The minimum Gasteiger partial charge on any atom is -0.422 e. The van der Waals surface area contributed by atoms with E-state index in [1.807, 2.05) is 38.2 Å². The summed E-state index contributed by atoms with van der Waals surface area (Å²) in [5.41, 5.74) is 3.39. The van der Waals surface area contributed by atoms with Crippen LogP contribution in [-0.2, 0) is 6.42 Å². The Kier molecular flexibility index (Phi) is 6.46. The van der Waals surface area contributed by atoms with Crippen LogP contribution in [0, 0.1) is 6.92 Å². The monoisotopic (exact) mass is 413 g/mol. The maximum atomic E-state index is 12.6. The number of nitrogens with one attached hydrogen (secondary N) is 2. The van der Waals surface area contributed by atoms with Gasteiger partial charge in [0, 0.05) is 55.4 Å². The lowest BCUT2D eigenvalue weighted by Crippen LogP contribution is -2.25. The van der Waals surface area contributed by atoms with Gasteiger partial charge in [0.25, 0.3) is 0 Å². The molecule has 7 nitrogen and oxygen atoms in total. The smallest absolute Gasteiger partial charge is 0.414 e. The van der Waals surface area contributed by atoms with Crippen molar-refractivity contribution in [2.24, 2.45) is 0 Å². The number of amides is 1. The van der Waals surface area contributed by atoms with E-state index in [4.69, 9.17) is 9.15 Å². The van der Waals surface area contributed by atoms with E-state index in [9.17, 15) is 9.59 Å². The second-order valence-electron chi connectivity index (χ2n) is 6.70. The number of aryl methyl sites for hydroxylation is 1. The van der Waals surface area contributed by atoms with Crippen molar-refractivity contribution in [3.63, 3.8) is 0 Å². The first-order valence-electron chi connectivity index (χ1n) is 9.02. The summed E-state index contributed by atoms with van der Waals surface area (Å²) in [6, 6.07) is 12.9. The van der Waals surface area contributed by atoms with Crippen LogP contribution in [0.3, 0.4) is 0 Å². The van der Waals surface area contributed by atoms with Crippen molar-refractivity contribution in [1.29, 1.82) is 0 Å². The van der Waals surface area contributed by atoms with E-state index in [1.54, 1.807) is 32.3 Å². The van der Waals surface area contributed by atoms with Gasteiger partial charge in [0.15, 0.2) is 0 Å². The van der Waals surface area contributed by atoms with E-state index < -0.39 is 11.7 Å². The number of carbonyl (C=O) groups is 1. The van der Waals surface area contributed by atoms with E-state index in [0.29, 0.717) is 23.3 Å². The van der Waals surface area contributed by atoms with Crippen LogP contribution in [-0.4, -0.2) is 32.1 Å². The van der Waals surface area contributed by atoms with E-state index in [0.717, 1.165) is 22.2 Å². The predicted molar refractivity (Wildman–Crippen MR) is 116 cm³/mol. The fourth-order valence-electron chi connectivity index (χ4n) is 2.89. The molecule has 0 aliphatic carbocycles. The molecule has 0 saturated carbocycles. The molecule has 152 valence electrons. The Morgan fingerprint density at radius 1 is 1.21 bits per heavy atom. The van der Waals surface area contributed by atoms with Crippen molar-refractivity contribution in [1.82, 2.24) is 9.62 Å². The van der Waals surface area contributed by atoms with Crippen LogP contribution in [0.15, 0.2) is 51.7 Å². The first-order valence-corrected chi connectivity index (χ1v) is 9.83. The summed E-state index contributed by atoms with van der Waals surface area (Å²) in [5, 5.41) is 0.810. The van der Waals surface area contributed by atoms with Gasteiger partial charge in [-0.2, -0.15) is 0 Å². The van der Waals surface area contributed by atoms with Gasteiger partial charge < -0.3 is 18.8 Å². The van der Waals surface area contributed by atoms with Gasteiger partial charge in [-0.1, -0.05) is 12.1 Å². The molecular formula is C21H23N3O4S. The van der Waals surface area contributed by atoms with Crippen molar-refractivity contribution in [3.8, 4) is 5.75 Å². The summed E-state index contributed by atoms with van der Waals surface area (Å²) in [5.74, 6) is 0.326. The second kappa shape index (κ2) is 9.02. The molecule has 0 bridgehead atoms. The number of benzene rings is 2. The number of hydrogen-bond acceptors (Lipinski definition) is 7. The van der Waals surface area contributed by atoms with E-state index in [2.05, 4.69) is 9.44 Å². The molecule has 3 rings (SSSR count). The van der Waals surface area contributed by atoms with E-state index in [1.165, 1.54) is 17.0 Å². The fourth-order valence-corrected chi connectivity index (χ4v) is 3.24. The van der Waals surface area contributed by atoms with Crippen molar-refractivity contribution in [3.05, 3.63) is 69.6 Å². The summed E-state index contributed by atoms with van der Waals surface area (Å²) in [4.78, 5) is 25.7. The molecule has 3 aromatic rings. The SMILES string of the molecule is CNSNc1cccc(Cc2c(C)c3ccc(OC(=O)N(C)C)cc3oc2=O)c1. The zero-order chi connectivity index (χ0) is 21.0. The van der Waals surface area contributed by atoms with Crippen LogP contribution in [0.25, 0.3) is 11.0 Å². The molecule has 0 unspecified atom stereocenters. The third kappa shape index (κ3) is 4.90. The van der Waals surface area contributed by atoms with Gasteiger partial charge in [-0.05, 0) is 49.4 Å². The van der Waals surface area contributed by atoms with E-state index >= 15 is 0 Å². The fraction of sp³-hybridized carbons (Fsp3) is 0.238. The highest BCUT2D eigenvalue weighted by molar-refractivity contribution is 7.98. The second-order valence-corrected chi connectivity index (χ2v) is 7.52. The number of nitrogens with zero attached hydrogens (tertiary/aromatic N) is 1. The Balaban J connectivity index is 1.92. The summed E-state index contributed by atoms with van der Waals surface area (Å²) in [6.45, 7) is 1.90. The Bertz CT molecular complexity index is 1090. The molecule has 0 spiro atoms. The predicted octanol–water partition coefficient (Wildman–Crippen LogP) is 3.95. The van der Waals surface area contributed by atoms with Gasteiger partial charge >= 0.3 is 11.7 Å². The van der Waals surface area contributed by atoms with Gasteiger partial charge in [0.05, 0.1) is 0 Å². The highest BCUT2D eigenvalue weighted by Crippen LogP contribution is 2.26. The molecule has 0 fully saturated rings. The van der Waals surface area contributed by atoms with Gasteiger partial charge in [-0.15, -0.1) is 0 Å². The lowest BCUT2D eigenvalue weighted by Gasteiger charge is -2.12.